The first-order valence-corrected chi connectivity index (χ1v) is 6.87. The largest absolute Gasteiger partial charge is 0.459 e. The Balaban J connectivity index is 2.42. The number of anilines is 1. The summed E-state index contributed by atoms with van der Waals surface area (Å²) in [6.07, 6.45) is 0. The molecule has 0 aliphatic heterocycles. The molecule has 6 heteroatoms. The van der Waals surface area contributed by atoms with Crippen molar-refractivity contribution >= 4 is 45.1 Å². The van der Waals surface area contributed by atoms with Crippen LogP contribution in [0.15, 0.2) is 31.8 Å². The fourth-order valence-corrected chi connectivity index (χ4v) is 2.47. The molecule has 0 unspecified atom stereocenters. The van der Waals surface area contributed by atoms with E-state index in [0.29, 0.717) is 28.0 Å². The van der Waals surface area contributed by atoms with Crippen LogP contribution in [0.4, 0.5) is 5.69 Å². The lowest BCUT2D eigenvalue weighted by Crippen LogP contribution is -2.13. The Morgan fingerprint density at radius 1 is 1.29 bits per heavy atom. The topological polar surface area (TPSA) is 72.5 Å². The van der Waals surface area contributed by atoms with E-state index >= 15 is 0 Å². The van der Waals surface area contributed by atoms with E-state index in [9.17, 15) is 9.59 Å². The normalized spacial score (nSPS) is 11.2. The molecule has 0 saturated carbocycles. The van der Waals surface area contributed by atoms with Crippen LogP contribution in [0.3, 0.4) is 0 Å². The minimum Gasteiger partial charge on any atom is -0.459 e. The molecule has 0 spiro atoms. The average Bonchev–Trinajstić information content (AvgIpc) is 2.75. The fourth-order valence-electron chi connectivity index (χ4n) is 2.40. The van der Waals surface area contributed by atoms with E-state index in [0.717, 1.165) is 10.9 Å². The maximum atomic E-state index is 11.6. The summed E-state index contributed by atoms with van der Waals surface area (Å²) in [6.45, 7) is 3.55. The lowest BCUT2D eigenvalue weighted by atomic mass is 10.1. The summed E-state index contributed by atoms with van der Waals surface area (Å²) in [4.78, 5) is 23.2. The molecule has 0 aliphatic rings. The maximum absolute atomic E-state index is 11.6. The Bertz CT molecular complexity index is 923. The number of rotatable bonds is 2. The van der Waals surface area contributed by atoms with Crippen molar-refractivity contribution in [1.29, 1.82) is 0 Å². The average molecular weight is 306 g/mol. The molecule has 108 valence electrons. The molecule has 0 bridgehead atoms. The summed E-state index contributed by atoms with van der Waals surface area (Å²) < 4.78 is 10.9. The molecular weight excluding hydrogens is 294 g/mol. The number of hydrogen-bond acceptors (Lipinski definition) is 4. The van der Waals surface area contributed by atoms with Crippen molar-refractivity contribution in [2.45, 2.75) is 13.8 Å². The number of hydrogen-bond donors (Lipinski definition) is 1. The van der Waals surface area contributed by atoms with Gasteiger partial charge in [0.05, 0.1) is 11.1 Å². The molecule has 1 N–H and O–H groups in total. The molecule has 3 aromatic rings. The van der Waals surface area contributed by atoms with Gasteiger partial charge < -0.3 is 14.2 Å². The Hall–Kier alpha value is -2.27. The van der Waals surface area contributed by atoms with E-state index in [4.69, 9.17) is 20.4 Å². The predicted octanol–water partition coefficient (Wildman–Crippen LogP) is 3.33. The van der Waals surface area contributed by atoms with E-state index in [1.165, 1.54) is 6.07 Å². The summed E-state index contributed by atoms with van der Waals surface area (Å²) in [5, 5.41) is 4.06. The maximum Gasteiger partial charge on any atom is 0.336 e. The molecule has 0 aliphatic carbocycles. The summed E-state index contributed by atoms with van der Waals surface area (Å²) in [5.74, 6) is 0.00874. The number of furan rings is 1. The second-order valence-corrected chi connectivity index (χ2v) is 5.05. The highest BCUT2D eigenvalue weighted by atomic mass is 35.5. The smallest absolute Gasteiger partial charge is 0.336 e. The van der Waals surface area contributed by atoms with E-state index in [2.05, 4.69) is 5.32 Å². The van der Waals surface area contributed by atoms with Gasteiger partial charge in [-0.3, -0.25) is 4.79 Å². The van der Waals surface area contributed by atoms with Gasteiger partial charge in [-0.25, -0.2) is 4.79 Å². The summed E-state index contributed by atoms with van der Waals surface area (Å²) >= 11 is 5.53. The molecule has 1 aromatic carbocycles. The van der Waals surface area contributed by atoms with E-state index < -0.39 is 5.63 Å². The highest BCUT2D eigenvalue weighted by molar-refractivity contribution is 6.29. The minimum atomic E-state index is -0.444. The van der Waals surface area contributed by atoms with E-state index in [1.807, 2.05) is 13.0 Å². The first kappa shape index (κ1) is 13.7. The van der Waals surface area contributed by atoms with Gasteiger partial charge in [0.25, 0.3) is 0 Å². The predicted molar refractivity (Wildman–Crippen MR) is 81.1 cm³/mol. The molecule has 0 saturated heterocycles. The van der Waals surface area contributed by atoms with Crippen molar-refractivity contribution in [3.05, 3.63) is 39.9 Å². The molecule has 2 heterocycles. The number of carbonyl (C=O) groups excluding carboxylic acids is 1. The number of alkyl halides is 1. The number of aryl methyl sites for hydroxylation is 2. The van der Waals surface area contributed by atoms with Crippen molar-refractivity contribution in [2.75, 3.05) is 11.2 Å². The van der Waals surface area contributed by atoms with Gasteiger partial charge in [0, 0.05) is 11.5 Å². The second-order valence-electron chi connectivity index (χ2n) is 4.78. The number of fused-ring (bicyclic) bond motifs is 3. The van der Waals surface area contributed by atoms with Crippen molar-refractivity contribution in [1.82, 2.24) is 0 Å². The Morgan fingerprint density at radius 3 is 2.76 bits per heavy atom. The summed E-state index contributed by atoms with van der Waals surface area (Å²) in [6, 6.07) is 5.04. The van der Waals surface area contributed by atoms with Gasteiger partial charge in [0.15, 0.2) is 5.58 Å². The third kappa shape index (κ3) is 2.19. The van der Waals surface area contributed by atoms with E-state index in [-0.39, 0.29) is 11.8 Å². The van der Waals surface area contributed by atoms with Gasteiger partial charge in [0.1, 0.15) is 17.2 Å². The highest BCUT2D eigenvalue weighted by Gasteiger charge is 2.18. The first-order chi connectivity index (χ1) is 10.0. The Kier molecular flexibility index (Phi) is 3.22. The molecule has 5 nitrogen and oxygen atoms in total. The summed E-state index contributed by atoms with van der Waals surface area (Å²) in [5.41, 5.74) is 1.78. The Labute approximate surface area is 124 Å². The van der Waals surface area contributed by atoms with Crippen LogP contribution in [-0.2, 0) is 4.79 Å². The third-order valence-corrected chi connectivity index (χ3v) is 3.57. The van der Waals surface area contributed by atoms with Crippen molar-refractivity contribution < 1.29 is 13.6 Å². The lowest BCUT2D eigenvalue weighted by Gasteiger charge is -2.04. The van der Waals surface area contributed by atoms with Crippen LogP contribution in [-0.4, -0.2) is 11.8 Å². The van der Waals surface area contributed by atoms with Gasteiger partial charge in [0.2, 0.25) is 5.91 Å². The van der Waals surface area contributed by atoms with Crippen molar-refractivity contribution in [2.24, 2.45) is 0 Å². The van der Waals surface area contributed by atoms with Gasteiger partial charge in [-0.05, 0) is 31.5 Å². The number of benzene rings is 1. The quantitative estimate of drug-likeness (QED) is 0.582. The molecule has 0 radical (unpaired) electrons. The SMILES string of the molecule is Cc1oc2ccc3c(C)cc(=O)oc3c2c1NC(=O)CCl. The molecule has 21 heavy (non-hydrogen) atoms. The Morgan fingerprint density at radius 2 is 2.05 bits per heavy atom. The molecule has 0 atom stereocenters. The van der Waals surface area contributed by atoms with Crippen LogP contribution >= 0.6 is 11.6 Å². The van der Waals surface area contributed by atoms with Crippen LogP contribution in [0.1, 0.15) is 11.3 Å². The zero-order valence-electron chi connectivity index (χ0n) is 11.5. The molecule has 2 aromatic heterocycles. The zero-order chi connectivity index (χ0) is 15.1. The summed E-state index contributed by atoms with van der Waals surface area (Å²) in [7, 11) is 0. The highest BCUT2D eigenvalue weighted by Crippen LogP contribution is 2.36. The second kappa shape index (κ2) is 4.93. The first-order valence-electron chi connectivity index (χ1n) is 6.33. The minimum absolute atomic E-state index is 0.167. The van der Waals surface area contributed by atoms with Crippen molar-refractivity contribution in [3.63, 3.8) is 0 Å². The van der Waals surface area contributed by atoms with Crippen molar-refractivity contribution in [3.8, 4) is 0 Å². The van der Waals surface area contributed by atoms with Crippen LogP contribution in [0.25, 0.3) is 21.9 Å². The van der Waals surface area contributed by atoms with Crippen LogP contribution in [0, 0.1) is 13.8 Å². The lowest BCUT2D eigenvalue weighted by molar-refractivity contribution is -0.113. The third-order valence-electron chi connectivity index (χ3n) is 3.33. The fraction of sp³-hybridized carbons (Fsp3) is 0.200. The number of nitrogens with one attached hydrogen (secondary N) is 1. The molecular formula is C15H12ClNO4. The number of carbonyl (C=O) groups is 1. The van der Waals surface area contributed by atoms with Gasteiger partial charge in [-0.1, -0.05) is 0 Å². The van der Waals surface area contributed by atoms with Gasteiger partial charge in [-0.15, -0.1) is 11.6 Å². The van der Waals surface area contributed by atoms with Crippen LogP contribution < -0.4 is 10.9 Å². The molecule has 0 fully saturated rings. The number of amides is 1. The number of halogens is 1. The van der Waals surface area contributed by atoms with E-state index in [1.54, 1.807) is 13.0 Å². The van der Waals surface area contributed by atoms with Crippen LogP contribution in [0.5, 0.6) is 0 Å². The van der Waals surface area contributed by atoms with Gasteiger partial charge >= 0.3 is 5.63 Å². The molecule has 1 amide bonds. The zero-order valence-corrected chi connectivity index (χ0v) is 12.2. The standard InChI is InChI=1S/C15H12ClNO4/c1-7-5-12(19)21-15-9(7)3-4-10-13(15)14(8(2)20-10)17-11(18)6-16/h3-5H,6H2,1-2H3,(H,17,18). The van der Waals surface area contributed by atoms with Gasteiger partial charge in [-0.2, -0.15) is 0 Å². The van der Waals surface area contributed by atoms with Crippen LogP contribution in [0.2, 0.25) is 0 Å². The monoisotopic (exact) mass is 305 g/mol. The molecule has 3 rings (SSSR count).